The molecule has 2 aromatic carbocycles. The Morgan fingerprint density at radius 1 is 1.07 bits per heavy atom. The van der Waals surface area contributed by atoms with Gasteiger partial charge in [-0.05, 0) is 56.7 Å². The molecule has 2 aromatic rings. The van der Waals surface area contributed by atoms with E-state index in [4.69, 9.17) is 0 Å². The summed E-state index contributed by atoms with van der Waals surface area (Å²) in [5.74, 6) is -1.49. The van der Waals surface area contributed by atoms with E-state index in [1.807, 2.05) is 13.8 Å². The number of hydrogen-bond donors (Lipinski definition) is 2. The molecule has 30 heavy (non-hydrogen) atoms. The van der Waals surface area contributed by atoms with Gasteiger partial charge in [0.15, 0.2) is 0 Å². The van der Waals surface area contributed by atoms with Crippen molar-refractivity contribution in [1.82, 2.24) is 5.32 Å². The molecule has 0 radical (unpaired) electrons. The molecule has 7 nitrogen and oxygen atoms in total. The average molecular weight is 436 g/mol. The van der Waals surface area contributed by atoms with Crippen molar-refractivity contribution in [3.8, 4) is 0 Å². The summed E-state index contributed by atoms with van der Waals surface area (Å²) < 4.78 is 38.8. The predicted octanol–water partition coefficient (Wildman–Crippen LogP) is 3.15. The third kappa shape index (κ3) is 5.79. The molecule has 2 N–H and O–H groups in total. The first kappa shape index (κ1) is 23.3. The molecule has 2 amide bonds. The average Bonchev–Trinajstić information content (AvgIpc) is 2.68. The lowest BCUT2D eigenvalue weighted by atomic mass is 10.1. The molecule has 9 heteroatoms. The second-order valence-corrected chi connectivity index (χ2v) is 8.89. The smallest absolute Gasteiger partial charge is 0.253 e. The summed E-state index contributed by atoms with van der Waals surface area (Å²) in [5.41, 5.74) is 0.693. The number of anilines is 2. The van der Waals surface area contributed by atoms with E-state index < -0.39 is 27.8 Å². The maximum absolute atomic E-state index is 13.2. The first-order chi connectivity index (χ1) is 14.0. The van der Waals surface area contributed by atoms with Gasteiger partial charge in [0.1, 0.15) is 11.9 Å². The standard InChI is InChI=1S/C21H26FN3O4S/c1-5-14(2)23-21(27)18-8-6-7-9-19(18)24-20(26)15(3)25(30(4,28)29)17-12-10-16(22)11-13-17/h6-15H,5H2,1-4H3,(H,23,27)(H,24,26)/t14-,15-/m0/s1. The highest BCUT2D eigenvalue weighted by atomic mass is 32.2. The fraction of sp³-hybridized carbons (Fsp3) is 0.333. The Balaban J connectivity index is 2.30. The highest BCUT2D eigenvalue weighted by Gasteiger charge is 2.30. The molecule has 0 aromatic heterocycles. The fourth-order valence-electron chi connectivity index (χ4n) is 2.83. The first-order valence-corrected chi connectivity index (χ1v) is 11.3. The van der Waals surface area contributed by atoms with Crippen molar-refractivity contribution in [3.05, 3.63) is 59.9 Å². The van der Waals surface area contributed by atoms with E-state index >= 15 is 0 Å². The van der Waals surface area contributed by atoms with Gasteiger partial charge in [-0.3, -0.25) is 13.9 Å². The lowest BCUT2D eigenvalue weighted by Gasteiger charge is -2.28. The molecule has 0 bridgehead atoms. The molecule has 0 spiro atoms. The monoisotopic (exact) mass is 435 g/mol. The Morgan fingerprint density at radius 3 is 2.23 bits per heavy atom. The van der Waals surface area contributed by atoms with Crippen molar-refractivity contribution in [2.75, 3.05) is 15.9 Å². The van der Waals surface area contributed by atoms with Crippen LogP contribution in [0.4, 0.5) is 15.8 Å². The van der Waals surface area contributed by atoms with Crippen molar-refractivity contribution in [2.24, 2.45) is 0 Å². The molecule has 0 heterocycles. The predicted molar refractivity (Wildman–Crippen MR) is 115 cm³/mol. The van der Waals surface area contributed by atoms with Crippen LogP contribution in [0.25, 0.3) is 0 Å². The Bertz CT molecular complexity index is 1010. The van der Waals surface area contributed by atoms with Crippen LogP contribution in [0.1, 0.15) is 37.6 Å². The SMILES string of the molecule is CC[C@H](C)NC(=O)c1ccccc1NC(=O)[C@H](C)N(c1ccc(F)cc1)S(C)(=O)=O. The fourth-order valence-corrected chi connectivity index (χ4v) is 4.00. The third-order valence-electron chi connectivity index (χ3n) is 4.59. The van der Waals surface area contributed by atoms with Gasteiger partial charge in [-0.25, -0.2) is 12.8 Å². The van der Waals surface area contributed by atoms with Crippen molar-refractivity contribution in [2.45, 2.75) is 39.3 Å². The summed E-state index contributed by atoms with van der Waals surface area (Å²) in [5, 5.41) is 5.47. The highest BCUT2D eigenvalue weighted by molar-refractivity contribution is 7.92. The number of para-hydroxylation sites is 1. The first-order valence-electron chi connectivity index (χ1n) is 9.50. The highest BCUT2D eigenvalue weighted by Crippen LogP contribution is 2.23. The molecule has 0 saturated carbocycles. The normalized spacial score (nSPS) is 13.2. The zero-order chi connectivity index (χ0) is 22.5. The summed E-state index contributed by atoms with van der Waals surface area (Å²) in [6.07, 6.45) is 1.71. The topological polar surface area (TPSA) is 95.6 Å². The lowest BCUT2D eigenvalue weighted by molar-refractivity contribution is -0.116. The number of carbonyl (C=O) groups is 2. The van der Waals surface area contributed by atoms with Gasteiger partial charge >= 0.3 is 0 Å². The molecule has 0 aliphatic heterocycles. The van der Waals surface area contributed by atoms with Gasteiger partial charge in [0.05, 0.1) is 23.2 Å². The Hall–Kier alpha value is -2.94. The number of rotatable bonds is 8. The van der Waals surface area contributed by atoms with Crippen LogP contribution in [-0.4, -0.2) is 38.6 Å². The van der Waals surface area contributed by atoms with Gasteiger partial charge in [0.25, 0.3) is 5.91 Å². The van der Waals surface area contributed by atoms with Crippen LogP contribution in [-0.2, 0) is 14.8 Å². The van der Waals surface area contributed by atoms with E-state index in [9.17, 15) is 22.4 Å². The maximum Gasteiger partial charge on any atom is 0.253 e. The van der Waals surface area contributed by atoms with Crippen LogP contribution in [0.15, 0.2) is 48.5 Å². The zero-order valence-corrected chi connectivity index (χ0v) is 18.2. The number of amides is 2. The summed E-state index contributed by atoms with van der Waals surface area (Å²) in [6.45, 7) is 5.23. The van der Waals surface area contributed by atoms with Crippen LogP contribution >= 0.6 is 0 Å². The van der Waals surface area contributed by atoms with Gasteiger partial charge in [-0.1, -0.05) is 19.1 Å². The minimum atomic E-state index is -3.84. The molecular weight excluding hydrogens is 409 g/mol. The van der Waals surface area contributed by atoms with Gasteiger partial charge in [-0.15, -0.1) is 0 Å². The summed E-state index contributed by atoms with van der Waals surface area (Å²) in [4.78, 5) is 25.4. The van der Waals surface area contributed by atoms with E-state index in [-0.39, 0.29) is 28.9 Å². The zero-order valence-electron chi connectivity index (χ0n) is 17.3. The molecule has 162 valence electrons. The van der Waals surface area contributed by atoms with E-state index in [2.05, 4.69) is 10.6 Å². The van der Waals surface area contributed by atoms with E-state index in [0.29, 0.717) is 0 Å². The molecular formula is C21H26FN3O4S. The van der Waals surface area contributed by atoms with Gasteiger partial charge < -0.3 is 10.6 Å². The van der Waals surface area contributed by atoms with Crippen molar-refractivity contribution in [3.63, 3.8) is 0 Å². The molecule has 0 saturated heterocycles. The minimum Gasteiger partial charge on any atom is -0.350 e. The summed E-state index contributed by atoms with van der Waals surface area (Å²) >= 11 is 0. The van der Waals surface area contributed by atoms with Gasteiger partial charge in [0, 0.05) is 6.04 Å². The van der Waals surface area contributed by atoms with E-state index in [1.165, 1.54) is 19.1 Å². The number of nitrogens with zero attached hydrogens (tertiary/aromatic N) is 1. The second kappa shape index (κ2) is 9.71. The third-order valence-corrected chi connectivity index (χ3v) is 5.83. The van der Waals surface area contributed by atoms with Crippen molar-refractivity contribution in [1.29, 1.82) is 0 Å². The van der Waals surface area contributed by atoms with Gasteiger partial charge in [-0.2, -0.15) is 0 Å². The van der Waals surface area contributed by atoms with Crippen molar-refractivity contribution < 1.29 is 22.4 Å². The Kier molecular flexibility index (Phi) is 7.55. The lowest BCUT2D eigenvalue weighted by Crippen LogP contribution is -2.45. The van der Waals surface area contributed by atoms with Crippen LogP contribution in [0.2, 0.25) is 0 Å². The van der Waals surface area contributed by atoms with Gasteiger partial charge in [0.2, 0.25) is 15.9 Å². The number of carbonyl (C=O) groups excluding carboxylic acids is 2. The molecule has 2 rings (SSSR count). The van der Waals surface area contributed by atoms with Crippen LogP contribution < -0.4 is 14.9 Å². The summed E-state index contributed by atoms with van der Waals surface area (Å²) in [6, 6.07) is 10.1. The number of benzene rings is 2. The quantitative estimate of drug-likeness (QED) is 0.666. The molecule has 2 atom stereocenters. The number of nitrogens with one attached hydrogen (secondary N) is 2. The Morgan fingerprint density at radius 2 is 1.67 bits per heavy atom. The van der Waals surface area contributed by atoms with Crippen LogP contribution in [0.5, 0.6) is 0 Å². The summed E-state index contributed by atoms with van der Waals surface area (Å²) in [7, 11) is -3.84. The minimum absolute atomic E-state index is 0.0422. The number of hydrogen-bond acceptors (Lipinski definition) is 4. The molecule has 0 aliphatic rings. The van der Waals surface area contributed by atoms with Crippen LogP contribution in [0, 0.1) is 5.82 Å². The number of halogens is 1. The van der Waals surface area contributed by atoms with E-state index in [1.54, 1.807) is 24.3 Å². The molecule has 0 aliphatic carbocycles. The maximum atomic E-state index is 13.2. The second-order valence-electron chi connectivity index (χ2n) is 7.03. The van der Waals surface area contributed by atoms with Crippen LogP contribution in [0.3, 0.4) is 0 Å². The largest absolute Gasteiger partial charge is 0.350 e. The number of sulfonamides is 1. The molecule has 0 unspecified atom stereocenters. The van der Waals surface area contributed by atoms with E-state index in [0.717, 1.165) is 29.1 Å². The molecule has 0 fully saturated rings. The van der Waals surface area contributed by atoms with Crippen molar-refractivity contribution >= 4 is 33.2 Å². The Labute approximate surface area is 176 Å².